The zero-order chi connectivity index (χ0) is 13.8. The largest absolute Gasteiger partial charge is 0.388 e. The molecule has 0 fully saturated rings. The molecule has 0 saturated heterocycles. The van der Waals surface area contributed by atoms with Crippen molar-refractivity contribution in [1.29, 1.82) is 0 Å². The number of nitrogens with zero attached hydrogens (tertiary/aromatic N) is 1. The summed E-state index contributed by atoms with van der Waals surface area (Å²) in [5.41, 5.74) is 2.63. The molecule has 0 amide bonds. The van der Waals surface area contributed by atoms with Crippen molar-refractivity contribution in [1.82, 2.24) is 4.98 Å². The Kier molecular flexibility index (Phi) is 4.66. The van der Waals surface area contributed by atoms with Crippen LogP contribution < -0.4 is 0 Å². The molecule has 2 nitrogen and oxygen atoms in total. The van der Waals surface area contributed by atoms with Crippen molar-refractivity contribution in [3.63, 3.8) is 0 Å². The normalized spacial score (nSPS) is 12.4. The summed E-state index contributed by atoms with van der Waals surface area (Å²) >= 11 is 3.38. The minimum Gasteiger partial charge on any atom is -0.388 e. The van der Waals surface area contributed by atoms with Gasteiger partial charge in [0, 0.05) is 23.3 Å². The van der Waals surface area contributed by atoms with E-state index in [0.29, 0.717) is 6.42 Å². The highest BCUT2D eigenvalue weighted by atomic mass is 79.9. The van der Waals surface area contributed by atoms with Crippen LogP contribution in [0.5, 0.6) is 0 Å². The lowest BCUT2D eigenvalue weighted by molar-refractivity contribution is 0.177. The molecule has 100 valence electrons. The first-order chi connectivity index (χ1) is 9.11. The number of aromatic nitrogens is 1. The van der Waals surface area contributed by atoms with Gasteiger partial charge < -0.3 is 5.11 Å². The van der Waals surface area contributed by atoms with Crippen LogP contribution in [-0.4, -0.2) is 10.1 Å². The molecule has 0 saturated carbocycles. The molecular formula is C15H15BrFNO. The number of hydrogen-bond acceptors (Lipinski definition) is 2. The minimum atomic E-state index is -0.656. The van der Waals surface area contributed by atoms with Crippen LogP contribution in [0.2, 0.25) is 0 Å². The zero-order valence-electron chi connectivity index (χ0n) is 10.6. The molecule has 0 spiro atoms. The summed E-state index contributed by atoms with van der Waals surface area (Å²) in [5, 5.41) is 10.3. The molecule has 0 aliphatic heterocycles. The monoisotopic (exact) mass is 323 g/mol. The molecule has 0 bridgehead atoms. The summed E-state index contributed by atoms with van der Waals surface area (Å²) in [6.45, 7) is 2.02. The highest BCUT2D eigenvalue weighted by molar-refractivity contribution is 9.10. The van der Waals surface area contributed by atoms with Crippen molar-refractivity contribution in [2.75, 3.05) is 0 Å². The van der Waals surface area contributed by atoms with Crippen molar-refractivity contribution in [3.8, 4) is 0 Å². The van der Waals surface area contributed by atoms with Crippen molar-refractivity contribution in [2.24, 2.45) is 0 Å². The molecule has 19 heavy (non-hydrogen) atoms. The third-order valence-electron chi connectivity index (χ3n) is 3.10. The lowest BCUT2D eigenvalue weighted by Gasteiger charge is -2.15. The number of pyridine rings is 1. The molecule has 0 aliphatic carbocycles. The summed E-state index contributed by atoms with van der Waals surface area (Å²) in [6, 6.07) is 6.31. The van der Waals surface area contributed by atoms with Crippen molar-refractivity contribution in [2.45, 2.75) is 25.9 Å². The van der Waals surface area contributed by atoms with Crippen LogP contribution in [0.25, 0.3) is 0 Å². The topological polar surface area (TPSA) is 33.1 Å². The fourth-order valence-corrected chi connectivity index (χ4v) is 2.48. The Labute approximate surface area is 120 Å². The first kappa shape index (κ1) is 14.2. The van der Waals surface area contributed by atoms with E-state index < -0.39 is 6.10 Å². The van der Waals surface area contributed by atoms with Crippen LogP contribution in [0.3, 0.4) is 0 Å². The Balaban J connectivity index is 2.25. The van der Waals surface area contributed by atoms with E-state index in [0.717, 1.165) is 27.6 Å². The maximum atomic E-state index is 13.2. The number of halogens is 2. The quantitative estimate of drug-likeness (QED) is 0.927. The van der Waals surface area contributed by atoms with Crippen LogP contribution in [0, 0.1) is 5.82 Å². The standard InChI is InChI=1S/C15H15BrFNO/c1-2-10-9-18-6-5-13(10)15(19)8-11-7-12(17)3-4-14(11)16/h3-7,9,15,19H,2,8H2,1H3. The Morgan fingerprint density at radius 2 is 2.11 bits per heavy atom. The lowest BCUT2D eigenvalue weighted by atomic mass is 9.97. The average molecular weight is 324 g/mol. The highest BCUT2D eigenvalue weighted by Crippen LogP contribution is 2.26. The third kappa shape index (κ3) is 3.39. The molecule has 4 heteroatoms. The molecule has 1 unspecified atom stereocenters. The number of aliphatic hydroxyl groups is 1. The van der Waals surface area contributed by atoms with E-state index >= 15 is 0 Å². The lowest BCUT2D eigenvalue weighted by Crippen LogP contribution is -2.06. The molecule has 0 aliphatic rings. The van der Waals surface area contributed by atoms with Crippen molar-refractivity contribution in [3.05, 3.63) is 63.6 Å². The molecule has 0 radical (unpaired) electrons. The SMILES string of the molecule is CCc1cnccc1C(O)Cc1cc(F)ccc1Br. The van der Waals surface area contributed by atoms with Crippen LogP contribution in [0.4, 0.5) is 4.39 Å². The number of rotatable bonds is 4. The van der Waals surface area contributed by atoms with Crippen LogP contribution in [0.1, 0.15) is 29.7 Å². The first-order valence-corrected chi connectivity index (χ1v) is 6.96. The zero-order valence-corrected chi connectivity index (χ0v) is 12.2. The Hall–Kier alpha value is -1.26. The van der Waals surface area contributed by atoms with Gasteiger partial charge in [-0.25, -0.2) is 4.39 Å². The number of aryl methyl sites for hydroxylation is 1. The molecule has 2 aromatic rings. The van der Waals surface area contributed by atoms with Gasteiger partial charge in [0.25, 0.3) is 0 Å². The molecular weight excluding hydrogens is 309 g/mol. The van der Waals surface area contributed by atoms with Gasteiger partial charge in [-0.05, 0) is 47.4 Å². The van der Waals surface area contributed by atoms with Gasteiger partial charge in [-0.3, -0.25) is 4.98 Å². The van der Waals surface area contributed by atoms with Crippen LogP contribution >= 0.6 is 15.9 Å². The molecule has 1 heterocycles. The van der Waals surface area contributed by atoms with Gasteiger partial charge in [0.2, 0.25) is 0 Å². The van der Waals surface area contributed by atoms with Crippen molar-refractivity contribution >= 4 is 15.9 Å². The van der Waals surface area contributed by atoms with Gasteiger partial charge >= 0.3 is 0 Å². The maximum Gasteiger partial charge on any atom is 0.123 e. The van der Waals surface area contributed by atoms with Crippen LogP contribution in [-0.2, 0) is 12.8 Å². The Bertz CT molecular complexity index is 574. The number of aliphatic hydroxyl groups excluding tert-OH is 1. The van der Waals surface area contributed by atoms with E-state index in [2.05, 4.69) is 20.9 Å². The first-order valence-electron chi connectivity index (χ1n) is 6.16. The van der Waals surface area contributed by atoms with E-state index in [1.807, 2.05) is 13.0 Å². The summed E-state index contributed by atoms with van der Waals surface area (Å²) in [6.07, 6.45) is 3.95. The van der Waals surface area contributed by atoms with Gasteiger partial charge in [-0.1, -0.05) is 22.9 Å². The Morgan fingerprint density at radius 1 is 1.32 bits per heavy atom. The fraction of sp³-hybridized carbons (Fsp3) is 0.267. The van der Waals surface area contributed by atoms with E-state index in [9.17, 15) is 9.50 Å². The maximum absolute atomic E-state index is 13.2. The van der Waals surface area contributed by atoms with Crippen molar-refractivity contribution < 1.29 is 9.50 Å². The van der Waals surface area contributed by atoms with E-state index in [-0.39, 0.29) is 5.82 Å². The van der Waals surface area contributed by atoms with Gasteiger partial charge in [0.1, 0.15) is 5.82 Å². The number of hydrogen-bond donors (Lipinski definition) is 1. The fourth-order valence-electron chi connectivity index (χ4n) is 2.08. The second-order valence-corrected chi connectivity index (χ2v) is 5.24. The molecule has 1 aromatic heterocycles. The van der Waals surface area contributed by atoms with Gasteiger partial charge in [-0.15, -0.1) is 0 Å². The summed E-state index contributed by atoms with van der Waals surface area (Å²) in [7, 11) is 0. The second-order valence-electron chi connectivity index (χ2n) is 4.38. The van der Waals surface area contributed by atoms with Gasteiger partial charge in [-0.2, -0.15) is 0 Å². The number of benzene rings is 1. The summed E-state index contributed by atoms with van der Waals surface area (Å²) in [4.78, 5) is 4.06. The summed E-state index contributed by atoms with van der Waals surface area (Å²) < 4.78 is 14.0. The second kappa shape index (κ2) is 6.26. The van der Waals surface area contributed by atoms with Gasteiger partial charge in [0.15, 0.2) is 0 Å². The third-order valence-corrected chi connectivity index (χ3v) is 3.88. The van der Waals surface area contributed by atoms with Gasteiger partial charge in [0.05, 0.1) is 6.10 Å². The molecule has 1 atom stereocenters. The molecule has 2 rings (SSSR count). The average Bonchev–Trinajstić information content (AvgIpc) is 2.42. The predicted octanol–water partition coefficient (Wildman–Crippen LogP) is 3.82. The Morgan fingerprint density at radius 3 is 2.84 bits per heavy atom. The highest BCUT2D eigenvalue weighted by Gasteiger charge is 2.14. The summed E-state index contributed by atoms with van der Waals surface area (Å²) in [5.74, 6) is -0.296. The van der Waals surface area contributed by atoms with E-state index in [1.54, 1.807) is 18.5 Å². The molecule has 1 N–H and O–H groups in total. The van der Waals surface area contributed by atoms with E-state index in [1.165, 1.54) is 12.1 Å². The van der Waals surface area contributed by atoms with Crippen LogP contribution in [0.15, 0.2) is 41.1 Å². The van der Waals surface area contributed by atoms with E-state index in [4.69, 9.17) is 0 Å². The predicted molar refractivity (Wildman–Crippen MR) is 76.4 cm³/mol. The smallest absolute Gasteiger partial charge is 0.123 e. The minimum absolute atomic E-state index is 0.296. The molecule has 1 aromatic carbocycles.